The minimum atomic E-state index is -0.865. The lowest BCUT2D eigenvalue weighted by molar-refractivity contribution is 0.0697. The van der Waals surface area contributed by atoms with Crippen LogP contribution in [0.3, 0.4) is 0 Å². The molecule has 1 aromatic rings. The second-order valence-corrected chi connectivity index (χ2v) is 5.19. The SMILES string of the molecule is CCN(CC)CCSCc1ccc(C(=O)O)cc1. The highest BCUT2D eigenvalue weighted by molar-refractivity contribution is 7.98. The van der Waals surface area contributed by atoms with Gasteiger partial charge >= 0.3 is 5.97 Å². The van der Waals surface area contributed by atoms with Crippen molar-refractivity contribution in [2.45, 2.75) is 19.6 Å². The number of hydrogen-bond acceptors (Lipinski definition) is 3. The van der Waals surface area contributed by atoms with E-state index in [9.17, 15) is 4.79 Å². The maximum atomic E-state index is 10.7. The van der Waals surface area contributed by atoms with E-state index >= 15 is 0 Å². The second-order valence-electron chi connectivity index (χ2n) is 4.08. The lowest BCUT2D eigenvalue weighted by Crippen LogP contribution is -2.25. The van der Waals surface area contributed by atoms with Crippen LogP contribution in [-0.4, -0.2) is 41.4 Å². The van der Waals surface area contributed by atoms with E-state index in [0.717, 1.165) is 31.1 Å². The average Bonchev–Trinajstić information content (AvgIpc) is 2.39. The zero-order valence-electron chi connectivity index (χ0n) is 11.1. The van der Waals surface area contributed by atoms with Crippen LogP contribution in [0.5, 0.6) is 0 Å². The van der Waals surface area contributed by atoms with Crippen molar-refractivity contribution in [2.75, 3.05) is 25.4 Å². The molecule has 0 aliphatic heterocycles. The first-order chi connectivity index (χ1) is 8.67. The number of carboxylic acid groups (broad SMARTS) is 1. The van der Waals surface area contributed by atoms with E-state index in [1.54, 1.807) is 12.1 Å². The predicted octanol–water partition coefficient (Wildman–Crippen LogP) is 2.96. The third kappa shape index (κ3) is 5.10. The Balaban J connectivity index is 2.29. The van der Waals surface area contributed by atoms with Crippen molar-refractivity contribution in [3.05, 3.63) is 35.4 Å². The van der Waals surface area contributed by atoms with Crippen LogP contribution in [0.15, 0.2) is 24.3 Å². The Hall–Kier alpha value is -1.00. The van der Waals surface area contributed by atoms with Crippen molar-refractivity contribution in [1.82, 2.24) is 4.90 Å². The lowest BCUT2D eigenvalue weighted by atomic mass is 10.1. The molecule has 0 radical (unpaired) electrons. The van der Waals surface area contributed by atoms with Gasteiger partial charge in [0.1, 0.15) is 0 Å². The van der Waals surface area contributed by atoms with Gasteiger partial charge in [-0.05, 0) is 30.8 Å². The van der Waals surface area contributed by atoms with E-state index in [4.69, 9.17) is 5.11 Å². The van der Waals surface area contributed by atoms with Gasteiger partial charge in [-0.25, -0.2) is 4.79 Å². The maximum Gasteiger partial charge on any atom is 0.335 e. The van der Waals surface area contributed by atoms with Gasteiger partial charge in [-0.3, -0.25) is 0 Å². The summed E-state index contributed by atoms with van der Waals surface area (Å²) in [4.78, 5) is 13.1. The van der Waals surface area contributed by atoms with Gasteiger partial charge in [0.2, 0.25) is 0 Å². The van der Waals surface area contributed by atoms with E-state index in [1.165, 1.54) is 5.56 Å². The fourth-order valence-corrected chi connectivity index (χ4v) is 2.63. The molecule has 4 heteroatoms. The van der Waals surface area contributed by atoms with Gasteiger partial charge in [0.15, 0.2) is 0 Å². The van der Waals surface area contributed by atoms with E-state index in [1.807, 2.05) is 23.9 Å². The van der Waals surface area contributed by atoms with Gasteiger partial charge in [0.25, 0.3) is 0 Å². The molecule has 0 aliphatic carbocycles. The Morgan fingerprint density at radius 3 is 2.33 bits per heavy atom. The Kier molecular flexibility index (Phi) is 6.83. The summed E-state index contributed by atoms with van der Waals surface area (Å²) in [5.41, 5.74) is 1.54. The molecule has 0 unspecified atom stereocenters. The van der Waals surface area contributed by atoms with Gasteiger partial charge in [-0.2, -0.15) is 11.8 Å². The Morgan fingerprint density at radius 2 is 1.83 bits per heavy atom. The number of rotatable bonds is 8. The molecular weight excluding hydrogens is 246 g/mol. The Labute approximate surface area is 113 Å². The highest BCUT2D eigenvalue weighted by Gasteiger charge is 2.02. The van der Waals surface area contributed by atoms with Crippen LogP contribution in [0.25, 0.3) is 0 Å². The standard InChI is InChI=1S/C14H21NO2S/c1-3-15(4-2)9-10-18-11-12-5-7-13(8-6-12)14(16)17/h5-8H,3-4,9-11H2,1-2H3,(H,16,17). The first-order valence-corrected chi connectivity index (χ1v) is 7.45. The molecule has 1 N–H and O–H groups in total. The molecule has 0 atom stereocenters. The minimum absolute atomic E-state index is 0.354. The first kappa shape index (κ1) is 15.1. The third-order valence-electron chi connectivity index (χ3n) is 2.92. The van der Waals surface area contributed by atoms with Gasteiger partial charge in [-0.15, -0.1) is 0 Å². The molecule has 1 rings (SSSR count). The summed E-state index contributed by atoms with van der Waals surface area (Å²) in [6.45, 7) is 7.68. The molecule has 0 amide bonds. The quantitative estimate of drug-likeness (QED) is 0.735. The fourth-order valence-electron chi connectivity index (χ4n) is 1.67. The zero-order chi connectivity index (χ0) is 13.4. The highest BCUT2D eigenvalue weighted by atomic mass is 32.2. The number of carboxylic acids is 1. The summed E-state index contributed by atoms with van der Waals surface area (Å²) in [6.07, 6.45) is 0. The van der Waals surface area contributed by atoms with Crippen LogP contribution in [0.1, 0.15) is 29.8 Å². The molecule has 100 valence electrons. The molecule has 3 nitrogen and oxygen atoms in total. The Morgan fingerprint density at radius 1 is 1.22 bits per heavy atom. The molecule has 0 bridgehead atoms. The second kappa shape index (κ2) is 8.16. The molecule has 0 aromatic heterocycles. The van der Waals surface area contributed by atoms with Crippen molar-refractivity contribution in [2.24, 2.45) is 0 Å². The number of thioether (sulfide) groups is 1. The molecule has 18 heavy (non-hydrogen) atoms. The number of hydrogen-bond donors (Lipinski definition) is 1. The number of aromatic carboxylic acids is 1. The molecule has 0 saturated heterocycles. The van der Waals surface area contributed by atoms with Gasteiger partial charge in [-0.1, -0.05) is 26.0 Å². The van der Waals surface area contributed by atoms with Crippen LogP contribution in [0.4, 0.5) is 0 Å². The smallest absolute Gasteiger partial charge is 0.335 e. The van der Waals surface area contributed by atoms with E-state index in [2.05, 4.69) is 18.7 Å². The molecule has 0 fully saturated rings. The fraction of sp³-hybridized carbons (Fsp3) is 0.500. The van der Waals surface area contributed by atoms with E-state index in [-0.39, 0.29) is 0 Å². The summed E-state index contributed by atoms with van der Waals surface area (Å²) in [5, 5.41) is 8.79. The van der Waals surface area contributed by atoms with Crippen LogP contribution >= 0.6 is 11.8 Å². The van der Waals surface area contributed by atoms with Gasteiger partial charge in [0, 0.05) is 18.1 Å². The van der Waals surface area contributed by atoms with Crippen molar-refractivity contribution in [1.29, 1.82) is 0 Å². The van der Waals surface area contributed by atoms with Crippen LogP contribution in [0.2, 0.25) is 0 Å². The van der Waals surface area contributed by atoms with E-state index in [0.29, 0.717) is 5.56 Å². The number of nitrogens with zero attached hydrogens (tertiary/aromatic N) is 1. The summed E-state index contributed by atoms with van der Waals surface area (Å²) in [7, 11) is 0. The van der Waals surface area contributed by atoms with E-state index < -0.39 is 5.97 Å². The summed E-state index contributed by atoms with van der Waals surface area (Å²) >= 11 is 1.89. The van der Waals surface area contributed by atoms with Crippen molar-refractivity contribution in [3.8, 4) is 0 Å². The lowest BCUT2D eigenvalue weighted by Gasteiger charge is -2.17. The monoisotopic (exact) mass is 267 g/mol. The summed E-state index contributed by atoms with van der Waals surface area (Å²) in [6, 6.07) is 7.13. The summed E-state index contributed by atoms with van der Waals surface area (Å²) in [5.74, 6) is 1.19. The molecule has 0 spiro atoms. The van der Waals surface area contributed by atoms with Crippen molar-refractivity contribution < 1.29 is 9.90 Å². The van der Waals surface area contributed by atoms with Gasteiger partial charge < -0.3 is 10.0 Å². The molecule has 0 saturated carbocycles. The predicted molar refractivity (Wildman–Crippen MR) is 77.4 cm³/mol. The van der Waals surface area contributed by atoms with Crippen LogP contribution < -0.4 is 0 Å². The number of benzene rings is 1. The number of carbonyl (C=O) groups is 1. The molecular formula is C14H21NO2S. The third-order valence-corrected chi connectivity index (χ3v) is 3.92. The molecule has 1 aromatic carbocycles. The van der Waals surface area contributed by atoms with Crippen LogP contribution in [0, 0.1) is 0 Å². The Bertz CT molecular complexity index is 361. The average molecular weight is 267 g/mol. The maximum absolute atomic E-state index is 10.7. The summed E-state index contributed by atoms with van der Waals surface area (Å²) < 4.78 is 0. The van der Waals surface area contributed by atoms with Crippen molar-refractivity contribution in [3.63, 3.8) is 0 Å². The van der Waals surface area contributed by atoms with Crippen molar-refractivity contribution >= 4 is 17.7 Å². The zero-order valence-corrected chi connectivity index (χ0v) is 11.9. The molecule has 0 heterocycles. The topological polar surface area (TPSA) is 40.5 Å². The van der Waals surface area contributed by atoms with Crippen LogP contribution in [-0.2, 0) is 5.75 Å². The van der Waals surface area contributed by atoms with Gasteiger partial charge in [0.05, 0.1) is 5.56 Å². The minimum Gasteiger partial charge on any atom is -0.478 e. The molecule has 0 aliphatic rings. The highest BCUT2D eigenvalue weighted by Crippen LogP contribution is 2.13. The normalized spacial score (nSPS) is 10.8. The largest absolute Gasteiger partial charge is 0.478 e. The first-order valence-electron chi connectivity index (χ1n) is 6.29.